The van der Waals surface area contributed by atoms with E-state index < -0.39 is 0 Å². The first-order chi connectivity index (χ1) is 8.11. The van der Waals surface area contributed by atoms with Crippen molar-refractivity contribution in [1.82, 2.24) is 5.43 Å². The number of hydrogen-bond donors (Lipinski definition) is 2. The first-order valence-electron chi connectivity index (χ1n) is 7.58. The van der Waals surface area contributed by atoms with Crippen LogP contribution in [0.2, 0.25) is 0 Å². The summed E-state index contributed by atoms with van der Waals surface area (Å²) in [6, 6.07) is 0.536. The van der Waals surface area contributed by atoms with Crippen LogP contribution in [-0.4, -0.2) is 6.04 Å². The van der Waals surface area contributed by atoms with Gasteiger partial charge in [0.05, 0.1) is 0 Å². The van der Waals surface area contributed by atoms with Gasteiger partial charge in [0.15, 0.2) is 0 Å². The van der Waals surface area contributed by atoms with Gasteiger partial charge < -0.3 is 0 Å². The molecule has 2 unspecified atom stereocenters. The molecule has 0 amide bonds. The summed E-state index contributed by atoms with van der Waals surface area (Å²) in [4.78, 5) is 0. The molecule has 3 N–H and O–H groups in total. The molecule has 1 aliphatic rings. The Morgan fingerprint density at radius 2 is 1.94 bits per heavy atom. The average molecular weight is 240 g/mol. The zero-order valence-corrected chi connectivity index (χ0v) is 12.1. The number of rotatable bonds is 8. The Hall–Kier alpha value is -0.0800. The second-order valence-electron chi connectivity index (χ2n) is 6.46. The van der Waals surface area contributed by atoms with E-state index >= 15 is 0 Å². The predicted molar refractivity (Wildman–Crippen MR) is 75.6 cm³/mol. The molecule has 1 saturated carbocycles. The molecule has 1 fully saturated rings. The smallest absolute Gasteiger partial charge is 0.0243 e. The molecule has 0 spiro atoms. The number of hydrogen-bond acceptors (Lipinski definition) is 2. The van der Waals surface area contributed by atoms with Gasteiger partial charge in [-0.2, -0.15) is 0 Å². The molecule has 2 heteroatoms. The van der Waals surface area contributed by atoms with Gasteiger partial charge in [0, 0.05) is 6.04 Å². The summed E-state index contributed by atoms with van der Waals surface area (Å²) < 4.78 is 0. The van der Waals surface area contributed by atoms with Crippen LogP contribution in [0.4, 0.5) is 0 Å². The minimum atomic E-state index is 0.487. The molecule has 2 atom stereocenters. The fraction of sp³-hybridized carbons (Fsp3) is 1.00. The molecule has 0 aliphatic heterocycles. The standard InChI is InChI=1S/C15H32N2/c1-4-5-6-7-8-11-14(17-16)13-10-9-12-15(13,2)3/h13-14,17H,4-12,16H2,1-3H3. The number of nitrogens with two attached hydrogens (primary N) is 1. The SMILES string of the molecule is CCCCCCCC(NN)C1CCCC1(C)C. The van der Waals surface area contributed by atoms with Gasteiger partial charge in [-0.05, 0) is 30.6 Å². The first kappa shape index (κ1) is 15.0. The summed E-state index contributed by atoms with van der Waals surface area (Å²) in [6.07, 6.45) is 12.2. The van der Waals surface area contributed by atoms with Crippen molar-refractivity contribution in [2.24, 2.45) is 17.2 Å². The lowest BCUT2D eigenvalue weighted by Gasteiger charge is -2.34. The van der Waals surface area contributed by atoms with Crippen molar-refractivity contribution < 1.29 is 0 Å². The Balaban J connectivity index is 2.28. The first-order valence-corrected chi connectivity index (χ1v) is 7.58. The third kappa shape index (κ3) is 4.59. The molecule has 0 bridgehead atoms. The summed E-state index contributed by atoms with van der Waals surface area (Å²) in [5.74, 6) is 6.54. The normalized spacial score (nSPS) is 25.1. The van der Waals surface area contributed by atoms with E-state index in [0.717, 1.165) is 5.92 Å². The van der Waals surface area contributed by atoms with Gasteiger partial charge in [0.2, 0.25) is 0 Å². The van der Waals surface area contributed by atoms with E-state index in [0.29, 0.717) is 11.5 Å². The molecular weight excluding hydrogens is 208 g/mol. The van der Waals surface area contributed by atoms with Crippen LogP contribution < -0.4 is 11.3 Å². The lowest BCUT2D eigenvalue weighted by Crippen LogP contribution is -2.44. The third-order valence-corrected chi connectivity index (χ3v) is 4.66. The van der Waals surface area contributed by atoms with Crippen LogP contribution >= 0.6 is 0 Å². The van der Waals surface area contributed by atoms with Crippen molar-refractivity contribution in [3.05, 3.63) is 0 Å². The quantitative estimate of drug-likeness (QED) is 0.382. The van der Waals surface area contributed by atoms with Crippen molar-refractivity contribution in [3.8, 4) is 0 Å². The second-order valence-corrected chi connectivity index (χ2v) is 6.46. The van der Waals surface area contributed by atoms with Gasteiger partial charge in [-0.15, -0.1) is 0 Å². The van der Waals surface area contributed by atoms with Gasteiger partial charge in [0.25, 0.3) is 0 Å². The van der Waals surface area contributed by atoms with E-state index in [4.69, 9.17) is 5.84 Å². The van der Waals surface area contributed by atoms with Gasteiger partial charge in [-0.3, -0.25) is 11.3 Å². The monoisotopic (exact) mass is 240 g/mol. The Bertz CT molecular complexity index is 201. The van der Waals surface area contributed by atoms with Crippen LogP contribution in [-0.2, 0) is 0 Å². The van der Waals surface area contributed by atoms with Crippen LogP contribution in [0, 0.1) is 11.3 Å². The van der Waals surface area contributed by atoms with Crippen LogP contribution in [0.5, 0.6) is 0 Å². The van der Waals surface area contributed by atoms with Gasteiger partial charge in [-0.25, -0.2) is 0 Å². The van der Waals surface area contributed by atoms with E-state index in [1.54, 1.807) is 0 Å². The number of unbranched alkanes of at least 4 members (excludes halogenated alkanes) is 4. The van der Waals surface area contributed by atoms with Crippen LogP contribution in [0.15, 0.2) is 0 Å². The molecule has 0 radical (unpaired) electrons. The summed E-state index contributed by atoms with van der Waals surface area (Å²) >= 11 is 0. The van der Waals surface area contributed by atoms with Crippen molar-refractivity contribution in [3.63, 3.8) is 0 Å². The maximum atomic E-state index is 5.76. The fourth-order valence-electron chi connectivity index (χ4n) is 3.47. The number of nitrogens with one attached hydrogen (secondary N) is 1. The molecule has 0 heterocycles. The van der Waals surface area contributed by atoms with Crippen LogP contribution in [0.1, 0.15) is 78.6 Å². The molecule has 1 aliphatic carbocycles. The van der Waals surface area contributed by atoms with E-state index in [2.05, 4.69) is 26.2 Å². The van der Waals surface area contributed by atoms with E-state index in [1.165, 1.54) is 57.8 Å². The van der Waals surface area contributed by atoms with E-state index in [1.807, 2.05) is 0 Å². The zero-order valence-electron chi connectivity index (χ0n) is 12.1. The lowest BCUT2D eigenvalue weighted by atomic mass is 9.76. The predicted octanol–water partition coefficient (Wildman–Crippen LogP) is 4.01. The summed E-state index contributed by atoms with van der Waals surface area (Å²) in [6.45, 7) is 7.09. The van der Waals surface area contributed by atoms with Crippen LogP contribution in [0.3, 0.4) is 0 Å². The fourth-order valence-corrected chi connectivity index (χ4v) is 3.47. The summed E-state index contributed by atoms with van der Waals surface area (Å²) in [5.41, 5.74) is 3.58. The largest absolute Gasteiger partial charge is 0.271 e. The summed E-state index contributed by atoms with van der Waals surface area (Å²) in [7, 11) is 0. The minimum Gasteiger partial charge on any atom is -0.271 e. The average Bonchev–Trinajstić information content (AvgIpc) is 2.64. The summed E-state index contributed by atoms with van der Waals surface area (Å²) in [5, 5.41) is 0. The van der Waals surface area contributed by atoms with Gasteiger partial charge in [-0.1, -0.05) is 59.3 Å². The van der Waals surface area contributed by atoms with Crippen molar-refractivity contribution in [2.75, 3.05) is 0 Å². The molecule has 102 valence electrons. The van der Waals surface area contributed by atoms with Crippen LogP contribution in [0.25, 0.3) is 0 Å². The molecule has 17 heavy (non-hydrogen) atoms. The lowest BCUT2D eigenvalue weighted by molar-refractivity contribution is 0.187. The maximum Gasteiger partial charge on any atom is 0.0243 e. The Kier molecular flexibility index (Phi) is 6.50. The molecule has 0 aromatic rings. The zero-order chi connectivity index (χ0) is 12.7. The molecule has 0 aromatic carbocycles. The topological polar surface area (TPSA) is 38.0 Å². The molecular formula is C15H32N2. The Labute approximate surface area is 108 Å². The maximum absolute atomic E-state index is 5.76. The number of hydrazine groups is 1. The highest BCUT2D eigenvalue weighted by atomic mass is 15.2. The van der Waals surface area contributed by atoms with Gasteiger partial charge in [0.1, 0.15) is 0 Å². The molecule has 2 nitrogen and oxygen atoms in total. The Morgan fingerprint density at radius 3 is 2.47 bits per heavy atom. The molecule has 0 saturated heterocycles. The van der Waals surface area contributed by atoms with Crippen molar-refractivity contribution in [1.29, 1.82) is 0 Å². The third-order valence-electron chi connectivity index (χ3n) is 4.66. The minimum absolute atomic E-state index is 0.487. The second kappa shape index (κ2) is 7.38. The Morgan fingerprint density at radius 1 is 1.24 bits per heavy atom. The highest BCUT2D eigenvalue weighted by Crippen LogP contribution is 2.45. The molecule has 1 rings (SSSR count). The molecule has 0 aromatic heterocycles. The van der Waals surface area contributed by atoms with Gasteiger partial charge >= 0.3 is 0 Å². The van der Waals surface area contributed by atoms with Crippen molar-refractivity contribution >= 4 is 0 Å². The van der Waals surface area contributed by atoms with Crippen molar-refractivity contribution in [2.45, 2.75) is 84.6 Å². The highest BCUT2D eigenvalue weighted by Gasteiger charge is 2.38. The highest BCUT2D eigenvalue weighted by molar-refractivity contribution is 4.91. The van der Waals surface area contributed by atoms with E-state index in [9.17, 15) is 0 Å². The van der Waals surface area contributed by atoms with E-state index in [-0.39, 0.29) is 0 Å².